The molecule has 2 nitrogen and oxygen atoms in total. The van der Waals surface area contributed by atoms with Crippen LogP contribution in [0.5, 0.6) is 0 Å². The number of rotatable bonds is 5. The van der Waals surface area contributed by atoms with Gasteiger partial charge in [0.2, 0.25) is 0 Å². The average Bonchev–Trinajstić information content (AvgIpc) is 2.18. The molecule has 1 fully saturated rings. The predicted octanol–water partition coefficient (Wildman–Crippen LogP) is 2.27. The first kappa shape index (κ1) is 12.0. The van der Waals surface area contributed by atoms with Gasteiger partial charge in [-0.1, -0.05) is 33.1 Å². The SMILES string of the molecule is CCCCCCN1CCC(O)C(C)C1. The second-order valence-electron chi connectivity index (χ2n) is 4.69. The van der Waals surface area contributed by atoms with E-state index in [0.717, 1.165) is 19.5 Å². The molecule has 84 valence electrons. The summed E-state index contributed by atoms with van der Waals surface area (Å²) in [6.45, 7) is 7.82. The summed E-state index contributed by atoms with van der Waals surface area (Å²) in [5.74, 6) is 0.468. The maximum atomic E-state index is 9.58. The number of hydrogen-bond donors (Lipinski definition) is 1. The van der Waals surface area contributed by atoms with Crippen LogP contribution in [0.3, 0.4) is 0 Å². The molecule has 1 rings (SSSR count). The Labute approximate surface area is 88.3 Å². The maximum absolute atomic E-state index is 9.58. The third kappa shape index (κ3) is 3.97. The number of unbranched alkanes of at least 4 members (excludes halogenated alkanes) is 3. The largest absolute Gasteiger partial charge is 0.393 e. The molecule has 1 N–H and O–H groups in total. The van der Waals surface area contributed by atoms with E-state index in [4.69, 9.17) is 0 Å². The molecule has 14 heavy (non-hydrogen) atoms. The van der Waals surface area contributed by atoms with Gasteiger partial charge in [0.1, 0.15) is 0 Å². The van der Waals surface area contributed by atoms with Crippen molar-refractivity contribution in [2.24, 2.45) is 5.92 Å². The van der Waals surface area contributed by atoms with E-state index < -0.39 is 0 Å². The second kappa shape index (κ2) is 6.41. The number of likely N-dealkylation sites (tertiary alicyclic amines) is 1. The molecule has 0 aromatic carbocycles. The summed E-state index contributed by atoms with van der Waals surface area (Å²) in [4.78, 5) is 2.51. The van der Waals surface area contributed by atoms with Gasteiger partial charge in [-0.3, -0.25) is 0 Å². The third-order valence-electron chi connectivity index (χ3n) is 3.27. The second-order valence-corrected chi connectivity index (χ2v) is 4.69. The average molecular weight is 199 g/mol. The van der Waals surface area contributed by atoms with Crippen LogP contribution in [0.15, 0.2) is 0 Å². The Balaban J connectivity index is 2.07. The third-order valence-corrected chi connectivity index (χ3v) is 3.27. The van der Waals surface area contributed by atoms with E-state index in [2.05, 4.69) is 18.7 Å². The molecule has 1 aliphatic rings. The molecule has 0 aromatic heterocycles. The molecule has 2 atom stereocenters. The standard InChI is InChI=1S/C12H25NO/c1-3-4-5-6-8-13-9-7-12(14)11(2)10-13/h11-12,14H,3-10H2,1-2H3. The predicted molar refractivity (Wildman–Crippen MR) is 60.4 cm³/mol. The first-order chi connectivity index (χ1) is 6.74. The van der Waals surface area contributed by atoms with Crippen molar-refractivity contribution in [2.45, 2.75) is 52.1 Å². The van der Waals surface area contributed by atoms with Crippen LogP contribution in [-0.4, -0.2) is 35.7 Å². The van der Waals surface area contributed by atoms with Gasteiger partial charge in [-0.15, -0.1) is 0 Å². The van der Waals surface area contributed by atoms with Crippen molar-refractivity contribution in [2.75, 3.05) is 19.6 Å². The normalized spacial score (nSPS) is 29.4. The van der Waals surface area contributed by atoms with Crippen molar-refractivity contribution >= 4 is 0 Å². The Morgan fingerprint density at radius 1 is 1.29 bits per heavy atom. The van der Waals surface area contributed by atoms with Gasteiger partial charge in [0, 0.05) is 13.1 Å². The molecule has 2 heteroatoms. The molecule has 1 saturated heterocycles. The van der Waals surface area contributed by atoms with Crippen LogP contribution in [-0.2, 0) is 0 Å². The fraction of sp³-hybridized carbons (Fsp3) is 1.00. The van der Waals surface area contributed by atoms with Crippen molar-refractivity contribution in [1.82, 2.24) is 4.90 Å². The minimum absolute atomic E-state index is 0.0538. The minimum Gasteiger partial charge on any atom is -0.393 e. The first-order valence-electron chi connectivity index (χ1n) is 6.14. The van der Waals surface area contributed by atoms with E-state index in [1.165, 1.54) is 32.2 Å². The molecule has 0 bridgehead atoms. The zero-order chi connectivity index (χ0) is 10.4. The fourth-order valence-corrected chi connectivity index (χ4v) is 2.18. The lowest BCUT2D eigenvalue weighted by Crippen LogP contribution is -2.42. The van der Waals surface area contributed by atoms with Crippen LogP contribution in [0.25, 0.3) is 0 Å². The van der Waals surface area contributed by atoms with Crippen LogP contribution < -0.4 is 0 Å². The number of hydrogen-bond acceptors (Lipinski definition) is 2. The Morgan fingerprint density at radius 3 is 2.71 bits per heavy atom. The summed E-state index contributed by atoms with van der Waals surface area (Å²) in [6, 6.07) is 0. The lowest BCUT2D eigenvalue weighted by Gasteiger charge is -2.34. The van der Waals surface area contributed by atoms with Crippen molar-refractivity contribution in [1.29, 1.82) is 0 Å². The van der Waals surface area contributed by atoms with E-state index in [0.29, 0.717) is 5.92 Å². The molecule has 0 aromatic rings. The summed E-state index contributed by atoms with van der Waals surface area (Å²) < 4.78 is 0. The first-order valence-corrected chi connectivity index (χ1v) is 6.14. The van der Waals surface area contributed by atoms with Gasteiger partial charge in [-0.05, 0) is 25.3 Å². The Kier molecular flexibility index (Phi) is 5.49. The highest BCUT2D eigenvalue weighted by molar-refractivity contribution is 4.76. The number of aliphatic hydroxyl groups is 1. The smallest absolute Gasteiger partial charge is 0.0590 e. The molecule has 0 radical (unpaired) electrons. The molecule has 0 aliphatic carbocycles. The van der Waals surface area contributed by atoms with Crippen LogP contribution in [0.2, 0.25) is 0 Å². The van der Waals surface area contributed by atoms with E-state index in [1.54, 1.807) is 0 Å². The summed E-state index contributed by atoms with van der Waals surface area (Å²) in [5, 5.41) is 9.58. The van der Waals surface area contributed by atoms with Gasteiger partial charge in [0.05, 0.1) is 6.10 Å². The van der Waals surface area contributed by atoms with E-state index in [-0.39, 0.29) is 6.10 Å². The lowest BCUT2D eigenvalue weighted by molar-refractivity contribution is 0.0345. The van der Waals surface area contributed by atoms with Crippen molar-refractivity contribution in [3.05, 3.63) is 0 Å². The monoisotopic (exact) mass is 199 g/mol. The van der Waals surface area contributed by atoms with E-state index in [1.807, 2.05) is 0 Å². The van der Waals surface area contributed by atoms with E-state index >= 15 is 0 Å². The van der Waals surface area contributed by atoms with Crippen molar-refractivity contribution in [3.8, 4) is 0 Å². The van der Waals surface area contributed by atoms with Crippen LogP contribution >= 0.6 is 0 Å². The topological polar surface area (TPSA) is 23.5 Å². The molecular weight excluding hydrogens is 174 g/mol. The quantitative estimate of drug-likeness (QED) is 0.687. The summed E-state index contributed by atoms with van der Waals surface area (Å²) in [5.41, 5.74) is 0. The summed E-state index contributed by atoms with van der Waals surface area (Å²) in [6.07, 6.45) is 6.29. The highest BCUT2D eigenvalue weighted by Gasteiger charge is 2.23. The zero-order valence-corrected chi connectivity index (χ0v) is 9.71. The maximum Gasteiger partial charge on any atom is 0.0590 e. The van der Waals surface area contributed by atoms with Gasteiger partial charge in [0.25, 0.3) is 0 Å². The molecule has 0 spiro atoms. The number of aliphatic hydroxyl groups excluding tert-OH is 1. The highest BCUT2D eigenvalue weighted by Crippen LogP contribution is 2.16. The van der Waals surface area contributed by atoms with Crippen LogP contribution in [0, 0.1) is 5.92 Å². The summed E-state index contributed by atoms with van der Waals surface area (Å²) >= 11 is 0. The molecule has 0 amide bonds. The minimum atomic E-state index is -0.0538. The molecule has 1 heterocycles. The van der Waals surface area contributed by atoms with Crippen molar-refractivity contribution < 1.29 is 5.11 Å². The van der Waals surface area contributed by atoms with Crippen molar-refractivity contribution in [3.63, 3.8) is 0 Å². The van der Waals surface area contributed by atoms with Crippen LogP contribution in [0.1, 0.15) is 46.0 Å². The molecular formula is C12H25NO. The Hall–Kier alpha value is -0.0800. The Morgan fingerprint density at radius 2 is 2.07 bits per heavy atom. The van der Waals surface area contributed by atoms with Gasteiger partial charge >= 0.3 is 0 Å². The summed E-state index contributed by atoms with van der Waals surface area (Å²) in [7, 11) is 0. The lowest BCUT2D eigenvalue weighted by atomic mass is 9.96. The van der Waals surface area contributed by atoms with Gasteiger partial charge < -0.3 is 10.0 Å². The van der Waals surface area contributed by atoms with Gasteiger partial charge in [0.15, 0.2) is 0 Å². The number of piperidine rings is 1. The molecule has 2 unspecified atom stereocenters. The molecule has 0 saturated carbocycles. The van der Waals surface area contributed by atoms with E-state index in [9.17, 15) is 5.11 Å². The number of nitrogens with zero attached hydrogens (tertiary/aromatic N) is 1. The van der Waals surface area contributed by atoms with Gasteiger partial charge in [-0.25, -0.2) is 0 Å². The van der Waals surface area contributed by atoms with Crippen LogP contribution in [0.4, 0.5) is 0 Å². The fourth-order valence-electron chi connectivity index (χ4n) is 2.18. The molecule has 1 aliphatic heterocycles. The van der Waals surface area contributed by atoms with Gasteiger partial charge in [-0.2, -0.15) is 0 Å². The zero-order valence-electron chi connectivity index (χ0n) is 9.71. The highest BCUT2D eigenvalue weighted by atomic mass is 16.3. The Bertz CT molecular complexity index is 149.